The van der Waals surface area contributed by atoms with Gasteiger partial charge < -0.3 is 14.8 Å². The standard InChI is InChI=1S/C16H21NO4/c1-3-14(15(17-12-18)16(19)21-4-2)11-20-10-13-8-6-5-7-9-13/h5-9,11-12,15H,3-4,10H2,1-2H3,(H,17,18)/b14-11+. The molecule has 0 aromatic heterocycles. The number of rotatable bonds is 9. The van der Waals surface area contributed by atoms with Crippen molar-refractivity contribution in [3.8, 4) is 0 Å². The van der Waals surface area contributed by atoms with Crippen LogP contribution < -0.4 is 5.32 Å². The first-order valence-corrected chi connectivity index (χ1v) is 6.93. The van der Waals surface area contributed by atoms with E-state index < -0.39 is 12.0 Å². The van der Waals surface area contributed by atoms with E-state index in [4.69, 9.17) is 9.47 Å². The third kappa shape index (κ3) is 5.69. The first-order chi connectivity index (χ1) is 10.2. The molecule has 1 amide bonds. The summed E-state index contributed by atoms with van der Waals surface area (Å²) in [5.74, 6) is -0.485. The number of hydrogen-bond acceptors (Lipinski definition) is 4. The lowest BCUT2D eigenvalue weighted by Crippen LogP contribution is -2.39. The number of benzene rings is 1. The summed E-state index contributed by atoms with van der Waals surface area (Å²) in [7, 11) is 0. The average molecular weight is 291 g/mol. The smallest absolute Gasteiger partial charge is 0.333 e. The van der Waals surface area contributed by atoms with Crippen molar-refractivity contribution in [2.45, 2.75) is 32.9 Å². The highest BCUT2D eigenvalue weighted by atomic mass is 16.5. The minimum Gasteiger partial charge on any atom is -0.496 e. The van der Waals surface area contributed by atoms with Gasteiger partial charge in [-0.2, -0.15) is 0 Å². The minimum atomic E-state index is -0.803. The van der Waals surface area contributed by atoms with E-state index >= 15 is 0 Å². The van der Waals surface area contributed by atoms with Gasteiger partial charge in [-0.05, 0) is 24.5 Å². The van der Waals surface area contributed by atoms with Gasteiger partial charge in [0.25, 0.3) is 0 Å². The maximum absolute atomic E-state index is 11.8. The third-order valence-electron chi connectivity index (χ3n) is 2.86. The molecule has 0 radical (unpaired) electrons. The van der Waals surface area contributed by atoms with Crippen molar-refractivity contribution in [3.05, 3.63) is 47.7 Å². The van der Waals surface area contributed by atoms with E-state index in [1.54, 1.807) is 6.92 Å². The lowest BCUT2D eigenvalue weighted by Gasteiger charge is -2.17. The third-order valence-corrected chi connectivity index (χ3v) is 2.86. The topological polar surface area (TPSA) is 64.6 Å². The van der Waals surface area contributed by atoms with E-state index in [1.807, 2.05) is 37.3 Å². The average Bonchev–Trinajstić information content (AvgIpc) is 2.51. The molecule has 1 rings (SSSR count). The minimum absolute atomic E-state index is 0.262. The van der Waals surface area contributed by atoms with Crippen LogP contribution in [0, 0.1) is 0 Å². The van der Waals surface area contributed by atoms with Crippen LogP contribution in [-0.2, 0) is 25.7 Å². The number of hydrogen-bond donors (Lipinski definition) is 1. The molecule has 21 heavy (non-hydrogen) atoms. The molecule has 0 heterocycles. The molecule has 0 aliphatic rings. The Labute approximate surface area is 124 Å². The summed E-state index contributed by atoms with van der Waals surface area (Å²) in [6.07, 6.45) is 2.58. The van der Waals surface area contributed by atoms with Crippen LogP contribution in [0.1, 0.15) is 25.8 Å². The zero-order chi connectivity index (χ0) is 15.5. The molecule has 114 valence electrons. The van der Waals surface area contributed by atoms with Crippen molar-refractivity contribution in [2.75, 3.05) is 6.61 Å². The largest absolute Gasteiger partial charge is 0.496 e. The van der Waals surface area contributed by atoms with Gasteiger partial charge in [-0.1, -0.05) is 37.3 Å². The second kappa shape index (κ2) is 9.58. The van der Waals surface area contributed by atoms with Crippen molar-refractivity contribution in [2.24, 2.45) is 0 Å². The van der Waals surface area contributed by atoms with Crippen LogP contribution in [-0.4, -0.2) is 25.0 Å². The summed E-state index contributed by atoms with van der Waals surface area (Å²) in [5.41, 5.74) is 1.69. The Morgan fingerprint density at radius 2 is 2.00 bits per heavy atom. The molecule has 5 heteroatoms. The molecule has 1 N–H and O–H groups in total. The van der Waals surface area contributed by atoms with Gasteiger partial charge in [0.2, 0.25) is 6.41 Å². The van der Waals surface area contributed by atoms with Crippen LogP contribution in [0.5, 0.6) is 0 Å². The maximum Gasteiger partial charge on any atom is 0.333 e. The first-order valence-electron chi connectivity index (χ1n) is 6.93. The summed E-state index contributed by atoms with van der Waals surface area (Å²) in [5, 5.41) is 2.46. The molecule has 0 fully saturated rings. The van der Waals surface area contributed by atoms with E-state index in [1.165, 1.54) is 6.26 Å². The summed E-state index contributed by atoms with van der Waals surface area (Å²) in [4.78, 5) is 22.5. The zero-order valence-electron chi connectivity index (χ0n) is 12.4. The number of carbonyl (C=O) groups is 2. The van der Waals surface area contributed by atoms with E-state index in [2.05, 4.69) is 5.32 Å². The number of amides is 1. The monoisotopic (exact) mass is 291 g/mol. The van der Waals surface area contributed by atoms with Crippen LogP contribution in [0.15, 0.2) is 42.2 Å². The lowest BCUT2D eigenvalue weighted by atomic mass is 10.1. The molecule has 1 unspecified atom stereocenters. The van der Waals surface area contributed by atoms with E-state index in [0.717, 1.165) is 5.56 Å². The van der Waals surface area contributed by atoms with E-state index in [9.17, 15) is 9.59 Å². The van der Waals surface area contributed by atoms with Gasteiger partial charge in [-0.15, -0.1) is 0 Å². The molecule has 1 atom stereocenters. The summed E-state index contributed by atoms with van der Waals surface area (Å²) < 4.78 is 10.4. The van der Waals surface area contributed by atoms with Gasteiger partial charge in [0.05, 0.1) is 12.9 Å². The van der Waals surface area contributed by atoms with Gasteiger partial charge >= 0.3 is 5.97 Å². The highest BCUT2D eigenvalue weighted by Crippen LogP contribution is 2.11. The molecule has 1 aromatic carbocycles. The Balaban J connectivity index is 2.70. The van der Waals surface area contributed by atoms with Crippen LogP contribution in [0.2, 0.25) is 0 Å². The molecule has 1 aromatic rings. The number of carbonyl (C=O) groups excluding carboxylic acids is 2. The molecule has 0 bridgehead atoms. The molecule has 0 spiro atoms. The second-order valence-corrected chi connectivity index (χ2v) is 4.31. The number of esters is 1. The van der Waals surface area contributed by atoms with Gasteiger partial charge in [0.15, 0.2) is 6.04 Å². The highest BCUT2D eigenvalue weighted by molar-refractivity contribution is 5.81. The molecular formula is C16H21NO4. The van der Waals surface area contributed by atoms with Gasteiger partial charge in [-0.25, -0.2) is 4.79 Å². The number of nitrogens with one attached hydrogen (secondary N) is 1. The Morgan fingerprint density at radius 1 is 1.29 bits per heavy atom. The van der Waals surface area contributed by atoms with Crippen molar-refractivity contribution in [3.63, 3.8) is 0 Å². The molecule has 0 saturated heterocycles. The quantitative estimate of drug-likeness (QED) is 0.430. The highest BCUT2D eigenvalue weighted by Gasteiger charge is 2.22. The molecule has 0 aliphatic heterocycles. The SMILES string of the molecule is CCOC(=O)C(NC=O)/C(=C/OCc1ccccc1)CC. The molecule has 0 aliphatic carbocycles. The number of ether oxygens (including phenoxy) is 2. The molecule has 0 saturated carbocycles. The Kier molecular flexibility index (Phi) is 7.64. The summed E-state index contributed by atoms with van der Waals surface area (Å²) >= 11 is 0. The summed E-state index contributed by atoms with van der Waals surface area (Å²) in [6.45, 7) is 4.27. The van der Waals surface area contributed by atoms with Crippen molar-refractivity contribution in [1.82, 2.24) is 5.32 Å². The maximum atomic E-state index is 11.8. The second-order valence-electron chi connectivity index (χ2n) is 4.31. The Morgan fingerprint density at radius 3 is 2.57 bits per heavy atom. The van der Waals surface area contributed by atoms with Gasteiger partial charge in [-0.3, -0.25) is 4.79 Å². The van der Waals surface area contributed by atoms with Crippen molar-refractivity contribution in [1.29, 1.82) is 0 Å². The van der Waals surface area contributed by atoms with Crippen LogP contribution >= 0.6 is 0 Å². The Hall–Kier alpha value is -2.30. The van der Waals surface area contributed by atoms with Crippen LogP contribution in [0.3, 0.4) is 0 Å². The van der Waals surface area contributed by atoms with Gasteiger partial charge in [0.1, 0.15) is 6.61 Å². The zero-order valence-corrected chi connectivity index (χ0v) is 12.4. The predicted octanol–water partition coefficient (Wildman–Crippen LogP) is 2.17. The molecular weight excluding hydrogens is 270 g/mol. The fourth-order valence-corrected chi connectivity index (χ4v) is 1.79. The van der Waals surface area contributed by atoms with Gasteiger partial charge in [0, 0.05) is 0 Å². The van der Waals surface area contributed by atoms with Crippen molar-refractivity contribution >= 4 is 12.4 Å². The van der Waals surface area contributed by atoms with Crippen molar-refractivity contribution < 1.29 is 19.1 Å². The van der Waals surface area contributed by atoms with E-state index in [-0.39, 0.29) is 6.61 Å². The Bertz CT molecular complexity index is 470. The predicted molar refractivity (Wildman–Crippen MR) is 79.2 cm³/mol. The normalized spacial score (nSPS) is 12.4. The first kappa shape index (κ1) is 16.8. The fraction of sp³-hybridized carbons (Fsp3) is 0.375. The fourth-order valence-electron chi connectivity index (χ4n) is 1.79. The van der Waals surface area contributed by atoms with Crippen LogP contribution in [0.4, 0.5) is 0 Å². The lowest BCUT2D eigenvalue weighted by molar-refractivity contribution is -0.145. The summed E-state index contributed by atoms with van der Waals surface area (Å²) in [6, 6.07) is 8.89. The van der Waals surface area contributed by atoms with E-state index in [0.29, 0.717) is 25.0 Å². The molecule has 5 nitrogen and oxygen atoms in total. The van der Waals surface area contributed by atoms with Crippen LogP contribution in [0.25, 0.3) is 0 Å².